The van der Waals surface area contributed by atoms with E-state index in [0.29, 0.717) is 31.4 Å². The smallest absolute Gasteiger partial charge is 0.306 e. The summed E-state index contributed by atoms with van der Waals surface area (Å²) in [5.74, 6) is 0.283. The zero-order valence-corrected chi connectivity index (χ0v) is 12.1. The first-order valence-electron chi connectivity index (χ1n) is 6.63. The molecule has 1 saturated heterocycles. The van der Waals surface area contributed by atoms with Gasteiger partial charge < -0.3 is 14.4 Å². The highest BCUT2D eigenvalue weighted by Crippen LogP contribution is 2.23. The van der Waals surface area contributed by atoms with Crippen LogP contribution in [0.15, 0.2) is 22.0 Å². The third kappa shape index (κ3) is 3.66. The fourth-order valence-electron chi connectivity index (χ4n) is 2.26. The molecule has 0 spiro atoms. The van der Waals surface area contributed by atoms with E-state index in [1.165, 1.54) is 0 Å². The number of carbonyl (C=O) groups is 1. The second-order valence-corrected chi connectivity index (χ2v) is 5.77. The highest BCUT2D eigenvalue weighted by molar-refractivity contribution is 7.13. The van der Waals surface area contributed by atoms with Gasteiger partial charge in [-0.15, -0.1) is 11.3 Å². The number of thiophene rings is 1. The Labute approximate surface area is 125 Å². The summed E-state index contributed by atoms with van der Waals surface area (Å²) in [6.45, 7) is 2.36. The van der Waals surface area contributed by atoms with Crippen molar-refractivity contribution in [1.29, 1.82) is 0 Å². The van der Waals surface area contributed by atoms with Crippen LogP contribution in [0.25, 0.3) is 10.8 Å². The first-order chi connectivity index (χ1) is 10.2. The van der Waals surface area contributed by atoms with Crippen molar-refractivity contribution >= 4 is 17.3 Å². The average Bonchev–Trinajstić information content (AvgIpc) is 3.08. The number of aromatic nitrogens is 2. The predicted octanol–water partition coefficient (Wildman–Crippen LogP) is 1.47. The van der Waals surface area contributed by atoms with Gasteiger partial charge in [0.2, 0.25) is 0 Å². The van der Waals surface area contributed by atoms with Gasteiger partial charge in [0.05, 0.1) is 30.6 Å². The summed E-state index contributed by atoms with van der Waals surface area (Å²) in [5.41, 5.74) is 0. The molecule has 3 rings (SSSR count). The summed E-state index contributed by atoms with van der Waals surface area (Å²) in [6.07, 6.45) is -0.261. The van der Waals surface area contributed by atoms with Crippen LogP contribution in [0.1, 0.15) is 12.2 Å². The summed E-state index contributed by atoms with van der Waals surface area (Å²) >= 11 is 1.55. The molecular weight excluding hydrogens is 294 g/mol. The molecule has 1 unspecified atom stereocenters. The molecule has 1 aliphatic rings. The molecule has 0 amide bonds. The Kier molecular flexibility index (Phi) is 4.28. The van der Waals surface area contributed by atoms with Crippen molar-refractivity contribution in [2.24, 2.45) is 0 Å². The molecule has 8 heteroatoms. The summed E-state index contributed by atoms with van der Waals surface area (Å²) in [6, 6.07) is 3.86. The standard InChI is InChI=1S/C13H15N3O4S/c17-12(18)6-9-7-16(3-4-19-9)8-11-14-13(20-15-11)10-2-1-5-21-10/h1-2,5,9H,3-4,6-8H2,(H,17,18). The van der Waals surface area contributed by atoms with Crippen LogP contribution in [-0.4, -0.2) is 51.9 Å². The van der Waals surface area contributed by atoms with Gasteiger partial charge in [0.15, 0.2) is 5.82 Å². The van der Waals surface area contributed by atoms with Crippen LogP contribution < -0.4 is 0 Å². The Bertz CT molecular complexity index is 598. The van der Waals surface area contributed by atoms with E-state index in [4.69, 9.17) is 14.4 Å². The number of hydrogen-bond acceptors (Lipinski definition) is 7. The number of rotatable bonds is 5. The highest BCUT2D eigenvalue weighted by Gasteiger charge is 2.24. The lowest BCUT2D eigenvalue weighted by atomic mass is 10.2. The Hall–Kier alpha value is -1.77. The van der Waals surface area contributed by atoms with Crippen LogP contribution in [0, 0.1) is 0 Å². The number of nitrogens with zero attached hydrogens (tertiary/aromatic N) is 3. The molecule has 0 saturated carbocycles. The van der Waals surface area contributed by atoms with E-state index in [9.17, 15) is 4.79 Å². The first-order valence-corrected chi connectivity index (χ1v) is 7.51. The van der Waals surface area contributed by atoms with Crippen molar-refractivity contribution in [1.82, 2.24) is 15.0 Å². The number of morpholine rings is 1. The van der Waals surface area contributed by atoms with Gasteiger partial charge in [-0.1, -0.05) is 11.2 Å². The second-order valence-electron chi connectivity index (χ2n) is 4.82. The van der Waals surface area contributed by atoms with Crippen LogP contribution >= 0.6 is 11.3 Å². The minimum Gasteiger partial charge on any atom is -0.481 e. The first kappa shape index (κ1) is 14.2. The van der Waals surface area contributed by atoms with Gasteiger partial charge in [0, 0.05) is 13.1 Å². The quantitative estimate of drug-likeness (QED) is 0.894. The molecule has 7 nitrogen and oxygen atoms in total. The molecular formula is C13H15N3O4S. The van der Waals surface area contributed by atoms with Crippen molar-refractivity contribution < 1.29 is 19.2 Å². The van der Waals surface area contributed by atoms with E-state index in [2.05, 4.69) is 15.0 Å². The zero-order chi connectivity index (χ0) is 14.7. The Morgan fingerprint density at radius 1 is 1.57 bits per heavy atom. The molecule has 0 bridgehead atoms. The molecule has 0 radical (unpaired) electrons. The summed E-state index contributed by atoms with van der Waals surface area (Å²) in [5, 5.41) is 14.7. The van der Waals surface area contributed by atoms with Gasteiger partial charge in [-0.05, 0) is 11.4 Å². The molecule has 2 aromatic rings. The molecule has 1 aliphatic heterocycles. The van der Waals surface area contributed by atoms with Crippen LogP contribution in [0.3, 0.4) is 0 Å². The predicted molar refractivity (Wildman–Crippen MR) is 74.9 cm³/mol. The molecule has 2 aromatic heterocycles. The van der Waals surface area contributed by atoms with Crippen molar-refractivity contribution in [2.75, 3.05) is 19.7 Å². The van der Waals surface area contributed by atoms with Gasteiger partial charge in [-0.3, -0.25) is 9.69 Å². The largest absolute Gasteiger partial charge is 0.481 e. The topological polar surface area (TPSA) is 88.7 Å². The minimum absolute atomic E-state index is 0.0171. The van der Waals surface area contributed by atoms with E-state index in [1.54, 1.807) is 11.3 Å². The molecule has 112 valence electrons. The number of carboxylic acids is 1. The fraction of sp³-hybridized carbons (Fsp3) is 0.462. The van der Waals surface area contributed by atoms with Crippen molar-refractivity contribution in [3.8, 4) is 10.8 Å². The van der Waals surface area contributed by atoms with E-state index in [0.717, 1.165) is 11.4 Å². The van der Waals surface area contributed by atoms with Crippen LogP contribution in [0.4, 0.5) is 0 Å². The monoisotopic (exact) mass is 309 g/mol. The third-order valence-electron chi connectivity index (χ3n) is 3.19. The van der Waals surface area contributed by atoms with Crippen molar-refractivity contribution in [3.05, 3.63) is 23.3 Å². The van der Waals surface area contributed by atoms with Gasteiger partial charge in [0.25, 0.3) is 5.89 Å². The number of hydrogen-bond donors (Lipinski definition) is 1. The van der Waals surface area contributed by atoms with Gasteiger partial charge in [0.1, 0.15) is 0 Å². The van der Waals surface area contributed by atoms with Gasteiger partial charge in [-0.25, -0.2) is 0 Å². The fourth-order valence-corrected chi connectivity index (χ4v) is 2.91. The molecule has 0 aromatic carbocycles. The molecule has 3 heterocycles. The Morgan fingerprint density at radius 3 is 3.24 bits per heavy atom. The molecule has 0 aliphatic carbocycles. The maximum absolute atomic E-state index is 10.7. The lowest BCUT2D eigenvalue weighted by Gasteiger charge is -2.31. The lowest BCUT2D eigenvalue weighted by Crippen LogP contribution is -2.42. The van der Waals surface area contributed by atoms with E-state index < -0.39 is 5.97 Å². The number of carboxylic acid groups (broad SMARTS) is 1. The van der Waals surface area contributed by atoms with E-state index in [1.807, 2.05) is 17.5 Å². The SMILES string of the molecule is O=C(O)CC1CN(Cc2noc(-c3cccs3)n2)CCO1. The van der Waals surface area contributed by atoms with Crippen molar-refractivity contribution in [2.45, 2.75) is 19.1 Å². The third-order valence-corrected chi connectivity index (χ3v) is 4.05. The van der Waals surface area contributed by atoms with Crippen LogP contribution in [-0.2, 0) is 16.1 Å². The van der Waals surface area contributed by atoms with E-state index >= 15 is 0 Å². The Balaban J connectivity index is 1.60. The zero-order valence-electron chi connectivity index (χ0n) is 11.3. The summed E-state index contributed by atoms with van der Waals surface area (Å²) in [4.78, 5) is 18.1. The van der Waals surface area contributed by atoms with Gasteiger partial charge in [-0.2, -0.15) is 4.98 Å². The number of ether oxygens (including phenoxy) is 1. The number of aliphatic carboxylic acids is 1. The summed E-state index contributed by atoms with van der Waals surface area (Å²) < 4.78 is 10.7. The molecule has 1 atom stereocenters. The van der Waals surface area contributed by atoms with Gasteiger partial charge >= 0.3 is 5.97 Å². The minimum atomic E-state index is -0.846. The second kappa shape index (κ2) is 6.33. The lowest BCUT2D eigenvalue weighted by molar-refractivity contribution is -0.142. The average molecular weight is 309 g/mol. The van der Waals surface area contributed by atoms with Crippen LogP contribution in [0.5, 0.6) is 0 Å². The van der Waals surface area contributed by atoms with Crippen molar-refractivity contribution in [3.63, 3.8) is 0 Å². The Morgan fingerprint density at radius 2 is 2.48 bits per heavy atom. The maximum atomic E-state index is 10.7. The van der Waals surface area contributed by atoms with Crippen LogP contribution in [0.2, 0.25) is 0 Å². The van der Waals surface area contributed by atoms with E-state index in [-0.39, 0.29) is 12.5 Å². The molecule has 21 heavy (non-hydrogen) atoms. The normalized spacial score (nSPS) is 19.7. The molecule has 1 fully saturated rings. The highest BCUT2D eigenvalue weighted by atomic mass is 32.1. The summed E-state index contributed by atoms with van der Waals surface area (Å²) in [7, 11) is 0. The maximum Gasteiger partial charge on any atom is 0.306 e. The molecule has 1 N–H and O–H groups in total.